The lowest BCUT2D eigenvalue weighted by molar-refractivity contribution is 0.102. The first-order valence-electron chi connectivity index (χ1n) is 7.72. The minimum absolute atomic E-state index is 0.0552. The number of nitrogens with one attached hydrogen (secondary N) is 1. The van der Waals surface area contributed by atoms with Crippen LogP contribution in [0, 0.1) is 6.92 Å². The largest absolute Gasteiger partial charge is 0.310 e. The van der Waals surface area contributed by atoms with Gasteiger partial charge in [-0.3, -0.25) is 9.59 Å². The Labute approximate surface area is 149 Å². The molecule has 0 saturated carbocycles. The Balaban J connectivity index is 1.88. The number of rotatable bonds is 4. The van der Waals surface area contributed by atoms with Crippen LogP contribution < -0.4 is 10.9 Å². The lowest BCUT2D eigenvalue weighted by atomic mass is 10.2. The number of nitrogens with zero attached hydrogens (tertiary/aromatic N) is 2. The zero-order chi connectivity index (χ0) is 17.8. The van der Waals surface area contributed by atoms with E-state index >= 15 is 0 Å². The van der Waals surface area contributed by atoms with Crippen LogP contribution in [0.1, 0.15) is 21.5 Å². The smallest absolute Gasteiger partial charge is 0.263 e. The van der Waals surface area contributed by atoms with Crippen molar-refractivity contribution >= 4 is 23.3 Å². The fourth-order valence-corrected chi connectivity index (χ4v) is 2.63. The zero-order valence-corrected chi connectivity index (χ0v) is 14.3. The molecule has 3 aromatic rings. The summed E-state index contributed by atoms with van der Waals surface area (Å²) in [5, 5.41) is 3.26. The Morgan fingerprint density at radius 3 is 2.72 bits per heavy atom. The number of hydrogen-bond acceptors (Lipinski definition) is 3. The molecule has 0 spiro atoms. The molecule has 1 N–H and O–H groups in total. The second kappa shape index (κ2) is 7.32. The van der Waals surface area contributed by atoms with Crippen LogP contribution in [0.4, 0.5) is 5.82 Å². The molecule has 0 atom stereocenters. The van der Waals surface area contributed by atoms with Crippen molar-refractivity contribution in [2.75, 3.05) is 5.32 Å². The average Bonchev–Trinajstić information content (AvgIpc) is 2.60. The highest BCUT2D eigenvalue weighted by molar-refractivity contribution is 6.31. The Kier molecular flexibility index (Phi) is 4.95. The summed E-state index contributed by atoms with van der Waals surface area (Å²) in [7, 11) is 0. The van der Waals surface area contributed by atoms with Crippen molar-refractivity contribution < 1.29 is 4.79 Å². The van der Waals surface area contributed by atoms with Crippen molar-refractivity contribution in [3.8, 4) is 0 Å². The van der Waals surface area contributed by atoms with Gasteiger partial charge in [0.15, 0.2) is 0 Å². The number of halogens is 1. The number of pyridine rings is 2. The van der Waals surface area contributed by atoms with Gasteiger partial charge in [-0.1, -0.05) is 35.9 Å². The van der Waals surface area contributed by atoms with E-state index in [1.165, 1.54) is 10.6 Å². The molecule has 0 saturated heterocycles. The van der Waals surface area contributed by atoms with Gasteiger partial charge in [-0.25, -0.2) is 4.98 Å². The average molecular weight is 354 g/mol. The minimum Gasteiger partial charge on any atom is -0.310 e. The van der Waals surface area contributed by atoms with Gasteiger partial charge in [-0.2, -0.15) is 0 Å². The quantitative estimate of drug-likeness (QED) is 0.780. The highest BCUT2D eigenvalue weighted by Crippen LogP contribution is 2.15. The second-order valence-electron chi connectivity index (χ2n) is 5.57. The molecule has 1 aromatic carbocycles. The van der Waals surface area contributed by atoms with Crippen molar-refractivity contribution in [3.63, 3.8) is 0 Å². The van der Waals surface area contributed by atoms with Crippen LogP contribution >= 0.6 is 11.6 Å². The number of carbonyl (C=O) groups is 1. The molecule has 0 aliphatic rings. The zero-order valence-electron chi connectivity index (χ0n) is 13.6. The highest BCUT2D eigenvalue weighted by atomic mass is 35.5. The summed E-state index contributed by atoms with van der Waals surface area (Å²) in [6.45, 7) is 2.13. The molecule has 0 aliphatic carbocycles. The standard InChI is InChI=1S/C19H16ClN3O2/c1-13-6-4-10-21-17(13)22-18(24)15-8-5-11-23(19(15)25)12-14-7-2-3-9-16(14)20/h2-11H,12H2,1H3,(H,21,22,24). The topological polar surface area (TPSA) is 64.0 Å². The summed E-state index contributed by atoms with van der Waals surface area (Å²) < 4.78 is 1.46. The van der Waals surface area contributed by atoms with Crippen LogP contribution in [0.25, 0.3) is 0 Å². The van der Waals surface area contributed by atoms with E-state index in [-0.39, 0.29) is 11.1 Å². The lowest BCUT2D eigenvalue weighted by Gasteiger charge is -2.10. The van der Waals surface area contributed by atoms with E-state index in [1.54, 1.807) is 30.6 Å². The number of aromatic nitrogens is 2. The fraction of sp³-hybridized carbons (Fsp3) is 0.105. The molecule has 0 radical (unpaired) electrons. The van der Waals surface area contributed by atoms with Crippen LogP contribution in [-0.4, -0.2) is 15.5 Å². The van der Waals surface area contributed by atoms with Gasteiger partial charge in [0.25, 0.3) is 11.5 Å². The number of hydrogen-bond donors (Lipinski definition) is 1. The van der Waals surface area contributed by atoms with Crippen LogP contribution in [0.3, 0.4) is 0 Å². The molecule has 2 aromatic heterocycles. The SMILES string of the molecule is Cc1cccnc1NC(=O)c1cccn(Cc2ccccc2Cl)c1=O. The van der Waals surface area contributed by atoms with Gasteiger partial charge >= 0.3 is 0 Å². The number of amides is 1. The van der Waals surface area contributed by atoms with Gasteiger partial charge in [0.1, 0.15) is 11.4 Å². The first-order valence-corrected chi connectivity index (χ1v) is 8.10. The number of benzene rings is 1. The van der Waals surface area contributed by atoms with E-state index in [4.69, 9.17) is 11.6 Å². The van der Waals surface area contributed by atoms with Crippen LogP contribution in [0.2, 0.25) is 5.02 Å². The van der Waals surface area contributed by atoms with Crippen molar-refractivity contribution in [1.29, 1.82) is 0 Å². The Bertz CT molecular complexity index is 982. The Hall–Kier alpha value is -2.92. The summed E-state index contributed by atoms with van der Waals surface area (Å²) in [6, 6.07) is 14.1. The Morgan fingerprint density at radius 2 is 1.96 bits per heavy atom. The van der Waals surface area contributed by atoms with E-state index in [9.17, 15) is 9.59 Å². The van der Waals surface area contributed by atoms with Crippen LogP contribution in [0.15, 0.2) is 65.7 Å². The van der Waals surface area contributed by atoms with Crippen LogP contribution in [-0.2, 0) is 6.54 Å². The third-order valence-corrected chi connectivity index (χ3v) is 4.17. The molecule has 6 heteroatoms. The predicted molar refractivity (Wildman–Crippen MR) is 98.2 cm³/mol. The molecule has 0 fully saturated rings. The third kappa shape index (κ3) is 3.78. The summed E-state index contributed by atoms with van der Waals surface area (Å²) >= 11 is 6.15. The summed E-state index contributed by atoms with van der Waals surface area (Å²) in [4.78, 5) is 29.2. The monoisotopic (exact) mass is 353 g/mol. The normalized spacial score (nSPS) is 10.5. The highest BCUT2D eigenvalue weighted by Gasteiger charge is 2.14. The van der Waals surface area contributed by atoms with Crippen LogP contribution in [0.5, 0.6) is 0 Å². The third-order valence-electron chi connectivity index (χ3n) is 3.80. The number of carbonyl (C=O) groups excluding carboxylic acids is 1. The lowest BCUT2D eigenvalue weighted by Crippen LogP contribution is -2.29. The van der Waals surface area contributed by atoms with Crippen molar-refractivity contribution in [3.05, 3.63) is 93.0 Å². The number of anilines is 1. The van der Waals surface area contributed by atoms with Gasteiger partial charge in [0.2, 0.25) is 0 Å². The maximum absolute atomic E-state index is 12.6. The summed E-state index contributed by atoms with van der Waals surface area (Å²) in [6.07, 6.45) is 3.22. The van der Waals surface area contributed by atoms with E-state index in [0.29, 0.717) is 17.4 Å². The fourth-order valence-electron chi connectivity index (χ4n) is 2.44. The maximum Gasteiger partial charge on any atom is 0.263 e. The van der Waals surface area contributed by atoms with Crippen molar-refractivity contribution in [2.24, 2.45) is 0 Å². The molecule has 0 aliphatic heterocycles. The molecule has 0 unspecified atom stereocenters. The minimum atomic E-state index is -0.486. The Morgan fingerprint density at radius 1 is 1.16 bits per heavy atom. The molecule has 0 bridgehead atoms. The molecule has 1 amide bonds. The van der Waals surface area contributed by atoms with Gasteiger partial charge in [0, 0.05) is 17.4 Å². The maximum atomic E-state index is 12.6. The van der Waals surface area contributed by atoms with Gasteiger partial charge < -0.3 is 9.88 Å². The van der Waals surface area contributed by atoms with Gasteiger partial charge in [-0.15, -0.1) is 0 Å². The van der Waals surface area contributed by atoms with E-state index < -0.39 is 5.91 Å². The molecular formula is C19H16ClN3O2. The van der Waals surface area contributed by atoms with Gasteiger partial charge in [-0.05, 0) is 42.3 Å². The van der Waals surface area contributed by atoms with Gasteiger partial charge in [0.05, 0.1) is 6.54 Å². The van der Waals surface area contributed by atoms with Crippen molar-refractivity contribution in [2.45, 2.75) is 13.5 Å². The summed E-state index contributed by atoms with van der Waals surface area (Å²) in [5.41, 5.74) is 1.31. The first-order chi connectivity index (χ1) is 12.1. The molecule has 2 heterocycles. The van der Waals surface area contributed by atoms with E-state index in [2.05, 4.69) is 10.3 Å². The molecule has 25 heavy (non-hydrogen) atoms. The molecule has 5 nitrogen and oxygen atoms in total. The molecular weight excluding hydrogens is 338 g/mol. The first kappa shape index (κ1) is 16.9. The molecule has 3 rings (SSSR count). The van der Waals surface area contributed by atoms with E-state index in [0.717, 1.165) is 11.1 Å². The second-order valence-corrected chi connectivity index (χ2v) is 5.98. The predicted octanol–water partition coefficient (Wildman–Crippen LogP) is 3.51. The molecule has 126 valence electrons. The number of aryl methyl sites for hydroxylation is 1. The summed E-state index contributed by atoms with van der Waals surface area (Å²) in [5.74, 6) is -0.0475. The van der Waals surface area contributed by atoms with E-state index in [1.807, 2.05) is 31.2 Å². The van der Waals surface area contributed by atoms with Crippen molar-refractivity contribution in [1.82, 2.24) is 9.55 Å².